The van der Waals surface area contributed by atoms with E-state index >= 15 is 0 Å². The Kier molecular flexibility index (Phi) is 5.57. The zero-order valence-electron chi connectivity index (χ0n) is 11.1. The standard InChI is InChI=1S/C13H17ClN2O2S/c1-7(2)16-13(17)8(3)18-10-6-4-5-9(14)11(10)12(15)19/h4-8H,1-3H3,(H2,15,19)(H,16,17). The van der Waals surface area contributed by atoms with Crippen molar-refractivity contribution in [2.24, 2.45) is 5.73 Å². The number of halogens is 1. The van der Waals surface area contributed by atoms with E-state index in [9.17, 15) is 4.79 Å². The number of hydrogen-bond acceptors (Lipinski definition) is 3. The van der Waals surface area contributed by atoms with Gasteiger partial charge in [0, 0.05) is 6.04 Å². The van der Waals surface area contributed by atoms with Gasteiger partial charge in [0.1, 0.15) is 10.7 Å². The van der Waals surface area contributed by atoms with Crippen molar-refractivity contribution < 1.29 is 9.53 Å². The highest BCUT2D eigenvalue weighted by atomic mass is 35.5. The molecule has 0 aromatic heterocycles. The van der Waals surface area contributed by atoms with Crippen molar-refractivity contribution in [3.05, 3.63) is 28.8 Å². The van der Waals surface area contributed by atoms with Crippen molar-refractivity contribution in [2.45, 2.75) is 32.9 Å². The van der Waals surface area contributed by atoms with Crippen LogP contribution in [0.5, 0.6) is 5.75 Å². The molecule has 4 nitrogen and oxygen atoms in total. The maximum absolute atomic E-state index is 11.8. The highest BCUT2D eigenvalue weighted by molar-refractivity contribution is 7.80. The number of ether oxygens (including phenoxy) is 1. The van der Waals surface area contributed by atoms with E-state index in [0.29, 0.717) is 16.3 Å². The summed E-state index contributed by atoms with van der Waals surface area (Å²) in [5, 5.41) is 3.17. The molecule has 0 spiro atoms. The highest BCUT2D eigenvalue weighted by Gasteiger charge is 2.18. The van der Waals surface area contributed by atoms with Crippen molar-refractivity contribution in [1.29, 1.82) is 0 Å². The van der Waals surface area contributed by atoms with Gasteiger partial charge in [-0.3, -0.25) is 4.79 Å². The molecule has 0 bridgehead atoms. The number of nitrogens with two attached hydrogens (primary N) is 1. The summed E-state index contributed by atoms with van der Waals surface area (Å²) in [6, 6.07) is 5.11. The van der Waals surface area contributed by atoms with Crippen LogP contribution in [0.25, 0.3) is 0 Å². The SMILES string of the molecule is CC(C)NC(=O)C(C)Oc1cccc(Cl)c1C(N)=S. The number of nitrogens with one attached hydrogen (secondary N) is 1. The molecule has 0 aliphatic rings. The summed E-state index contributed by atoms with van der Waals surface area (Å²) in [6.07, 6.45) is -0.658. The Balaban J connectivity index is 2.91. The third kappa shape index (κ3) is 4.36. The van der Waals surface area contributed by atoms with Gasteiger partial charge in [-0.25, -0.2) is 0 Å². The Hall–Kier alpha value is -1.33. The van der Waals surface area contributed by atoms with Crippen LogP contribution in [-0.2, 0) is 4.79 Å². The van der Waals surface area contributed by atoms with Gasteiger partial charge in [-0.1, -0.05) is 29.9 Å². The smallest absolute Gasteiger partial charge is 0.260 e. The predicted molar refractivity (Wildman–Crippen MR) is 80.7 cm³/mol. The average molecular weight is 301 g/mol. The van der Waals surface area contributed by atoms with Crippen LogP contribution in [0.1, 0.15) is 26.3 Å². The molecular weight excluding hydrogens is 284 g/mol. The third-order valence-electron chi connectivity index (χ3n) is 2.33. The zero-order valence-corrected chi connectivity index (χ0v) is 12.6. The van der Waals surface area contributed by atoms with Gasteiger partial charge < -0.3 is 15.8 Å². The lowest BCUT2D eigenvalue weighted by Gasteiger charge is -2.18. The van der Waals surface area contributed by atoms with Crippen molar-refractivity contribution in [3.63, 3.8) is 0 Å². The fraction of sp³-hybridized carbons (Fsp3) is 0.385. The molecule has 1 amide bonds. The Bertz CT molecular complexity index is 492. The van der Waals surface area contributed by atoms with Gasteiger partial charge in [0.25, 0.3) is 5.91 Å². The van der Waals surface area contributed by atoms with Crippen LogP contribution in [0.2, 0.25) is 5.02 Å². The lowest BCUT2D eigenvalue weighted by molar-refractivity contribution is -0.127. The molecule has 0 radical (unpaired) electrons. The molecule has 6 heteroatoms. The Labute approximate surface area is 123 Å². The lowest BCUT2D eigenvalue weighted by atomic mass is 10.2. The van der Waals surface area contributed by atoms with Gasteiger partial charge in [0.2, 0.25) is 0 Å². The molecule has 1 atom stereocenters. The Morgan fingerprint density at radius 1 is 1.42 bits per heavy atom. The van der Waals surface area contributed by atoms with E-state index in [-0.39, 0.29) is 16.9 Å². The molecular formula is C13H17ClN2O2S. The molecule has 19 heavy (non-hydrogen) atoms. The fourth-order valence-corrected chi connectivity index (χ4v) is 2.02. The second kappa shape index (κ2) is 6.73. The number of benzene rings is 1. The third-order valence-corrected chi connectivity index (χ3v) is 2.84. The first-order chi connectivity index (χ1) is 8.82. The fourth-order valence-electron chi connectivity index (χ4n) is 1.49. The summed E-state index contributed by atoms with van der Waals surface area (Å²) in [4.78, 5) is 11.9. The predicted octanol–water partition coefficient (Wildman–Crippen LogP) is 2.27. The van der Waals surface area contributed by atoms with Crippen LogP contribution in [0, 0.1) is 0 Å². The quantitative estimate of drug-likeness (QED) is 0.819. The molecule has 104 valence electrons. The largest absolute Gasteiger partial charge is 0.480 e. The second-order valence-electron chi connectivity index (χ2n) is 4.40. The van der Waals surface area contributed by atoms with Gasteiger partial charge in [-0.2, -0.15) is 0 Å². The Morgan fingerprint density at radius 3 is 2.58 bits per heavy atom. The number of carbonyl (C=O) groups excluding carboxylic acids is 1. The van der Waals surface area contributed by atoms with Gasteiger partial charge in [0.15, 0.2) is 6.10 Å². The normalized spacial score (nSPS) is 12.1. The lowest BCUT2D eigenvalue weighted by Crippen LogP contribution is -2.40. The van der Waals surface area contributed by atoms with Gasteiger partial charge in [-0.05, 0) is 32.9 Å². The summed E-state index contributed by atoms with van der Waals surface area (Å²) >= 11 is 11.0. The summed E-state index contributed by atoms with van der Waals surface area (Å²) in [5.41, 5.74) is 6.06. The molecule has 1 unspecified atom stereocenters. The van der Waals surface area contributed by atoms with Crippen LogP contribution in [-0.4, -0.2) is 23.0 Å². The van der Waals surface area contributed by atoms with E-state index in [4.69, 9.17) is 34.3 Å². The number of thiocarbonyl (C=S) groups is 1. The first kappa shape index (κ1) is 15.7. The molecule has 0 heterocycles. The van der Waals surface area contributed by atoms with Crippen LogP contribution in [0.15, 0.2) is 18.2 Å². The van der Waals surface area contributed by atoms with E-state index in [1.54, 1.807) is 25.1 Å². The van der Waals surface area contributed by atoms with Gasteiger partial charge in [0.05, 0.1) is 10.6 Å². The monoisotopic (exact) mass is 300 g/mol. The molecule has 0 aliphatic carbocycles. The van der Waals surface area contributed by atoms with Gasteiger partial charge in [-0.15, -0.1) is 0 Å². The minimum Gasteiger partial charge on any atom is -0.480 e. The van der Waals surface area contributed by atoms with Gasteiger partial charge >= 0.3 is 0 Å². The summed E-state index contributed by atoms with van der Waals surface area (Å²) in [5.74, 6) is 0.204. The van der Waals surface area contributed by atoms with Crippen LogP contribution < -0.4 is 15.8 Å². The van der Waals surface area contributed by atoms with E-state index in [1.807, 2.05) is 13.8 Å². The maximum Gasteiger partial charge on any atom is 0.260 e. The number of carbonyl (C=O) groups is 1. The van der Waals surface area contributed by atoms with E-state index < -0.39 is 6.10 Å². The van der Waals surface area contributed by atoms with Crippen molar-refractivity contribution in [1.82, 2.24) is 5.32 Å². The maximum atomic E-state index is 11.8. The minimum atomic E-state index is -0.658. The zero-order chi connectivity index (χ0) is 14.6. The summed E-state index contributed by atoms with van der Waals surface area (Å²) in [6.45, 7) is 5.41. The molecule has 0 saturated heterocycles. The first-order valence-corrected chi connectivity index (χ1v) is 6.67. The molecule has 0 saturated carbocycles. The van der Waals surface area contributed by atoms with E-state index in [0.717, 1.165) is 0 Å². The van der Waals surface area contributed by atoms with Crippen molar-refractivity contribution >= 4 is 34.7 Å². The van der Waals surface area contributed by atoms with Crippen LogP contribution >= 0.6 is 23.8 Å². The number of rotatable bonds is 5. The second-order valence-corrected chi connectivity index (χ2v) is 5.25. The van der Waals surface area contributed by atoms with Crippen molar-refractivity contribution in [2.75, 3.05) is 0 Å². The minimum absolute atomic E-state index is 0.0490. The summed E-state index contributed by atoms with van der Waals surface area (Å²) in [7, 11) is 0. The molecule has 3 N–H and O–H groups in total. The highest BCUT2D eigenvalue weighted by Crippen LogP contribution is 2.27. The molecule has 1 aromatic rings. The molecule has 1 rings (SSSR count). The van der Waals surface area contributed by atoms with Crippen LogP contribution in [0.4, 0.5) is 0 Å². The number of amides is 1. The topological polar surface area (TPSA) is 64.3 Å². The molecule has 0 fully saturated rings. The number of hydrogen-bond donors (Lipinski definition) is 2. The first-order valence-electron chi connectivity index (χ1n) is 5.88. The van der Waals surface area contributed by atoms with E-state index in [2.05, 4.69) is 5.32 Å². The molecule has 0 aliphatic heterocycles. The van der Waals surface area contributed by atoms with Crippen LogP contribution in [0.3, 0.4) is 0 Å². The summed E-state index contributed by atoms with van der Waals surface area (Å²) < 4.78 is 5.59. The average Bonchev–Trinajstić information content (AvgIpc) is 2.27. The Morgan fingerprint density at radius 2 is 2.05 bits per heavy atom. The van der Waals surface area contributed by atoms with E-state index in [1.165, 1.54) is 0 Å². The molecule has 1 aromatic carbocycles. The van der Waals surface area contributed by atoms with Crippen molar-refractivity contribution in [3.8, 4) is 5.75 Å².